The summed E-state index contributed by atoms with van der Waals surface area (Å²) in [7, 11) is 1.33. The molecule has 0 saturated carbocycles. The van der Waals surface area contributed by atoms with E-state index >= 15 is 0 Å². The molecule has 28 heavy (non-hydrogen) atoms. The molecular formula is C21H21N3O3S. The first-order valence-corrected chi connectivity index (χ1v) is 9.94. The predicted octanol–water partition coefficient (Wildman–Crippen LogP) is 3.60. The molecule has 0 spiro atoms. The first kappa shape index (κ1) is 18.6. The number of aromatic nitrogens is 1. The molecular weight excluding hydrogens is 374 g/mol. The Hall–Kier alpha value is -2.77. The average molecular weight is 395 g/mol. The number of pyridine rings is 1. The second kappa shape index (κ2) is 7.69. The van der Waals surface area contributed by atoms with Gasteiger partial charge in [-0.15, -0.1) is 11.3 Å². The normalized spacial score (nSPS) is 13.9. The molecule has 0 bridgehead atoms. The van der Waals surface area contributed by atoms with Gasteiger partial charge in [-0.25, -0.2) is 9.78 Å². The number of hydrogen-bond donors (Lipinski definition) is 1. The van der Waals surface area contributed by atoms with E-state index in [4.69, 9.17) is 9.72 Å². The van der Waals surface area contributed by atoms with Crippen LogP contribution in [-0.4, -0.2) is 35.4 Å². The summed E-state index contributed by atoms with van der Waals surface area (Å²) >= 11 is 1.24. The van der Waals surface area contributed by atoms with Crippen molar-refractivity contribution in [1.29, 1.82) is 0 Å². The molecule has 7 heteroatoms. The Bertz CT molecular complexity index is 1060. The summed E-state index contributed by atoms with van der Waals surface area (Å²) in [5, 5.41) is 3.50. The molecule has 0 unspecified atom stereocenters. The lowest BCUT2D eigenvalue weighted by molar-refractivity contribution is -0.114. The van der Waals surface area contributed by atoms with Gasteiger partial charge in [0.15, 0.2) is 0 Å². The van der Waals surface area contributed by atoms with Crippen LogP contribution in [0.3, 0.4) is 0 Å². The van der Waals surface area contributed by atoms with Crippen LogP contribution in [0.4, 0.5) is 5.69 Å². The van der Waals surface area contributed by atoms with Crippen molar-refractivity contribution >= 4 is 39.1 Å². The molecule has 3 aromatic rings. The maximum Gasteiger partial charge on any atom is 0.350 e. The van der Waals surface area contributed by atoms with Crippen molar-refractivity contribution < 1.29 is 14.3 Å². The summed E-state index contributed by atoms with van der Waals surface area (Å²) in [6, 6.07) is 12.4. The molecule has 3 heterocycles. The van der Waals surface area contributed by atoms with E-state index in [1.165, 1.54) is 36.5 Å². The van der Waals surface area contributed by atoms with Crippen molar-refractivity contribution in [3.63, 3.8) is 0 Å². The maximum atomic E-state index is 12.1. The van der Waals surface area contributed by atoms with Crippen molar-refractivity contribution in [3.05, 3.63) is 58.1 Å². The minimum absolute atomic E-state index is 0.235. The number of benzene rings is 1. The van der Waals surface area contributed by atoms with E-state index < -0.39 is 5.97 Å². The molecule has 2 aromatic heterocycles. The zero-order valence-corrected chi connectivity index (χ0v) is 16.6. The fraction of sp³-hybridized carbons (Fsp3) is 0.286. The second-order valence-electron chi connectivity index (χ2n) is 6.86. The topological polar surface area (TPSA) is 71.5 Å². The van der Waals surface area contributed by atoms with E-state index in [1.807, 2.05) is 12.1 Å². The van der Waals surface area contributed by atoms with Gasteiger partial charge in [-0.05, 0) is 29.7 Å². The SMILES string of the molecule is COC(=O)c1sc2nc(CN3CCc4ccccc4C3)ccc2c1NC(C)=O. The Morgan fingerprint density at radius 3 is 2.75 bits per heavy atom. The van der Waals surface area contributed by atoms with Crippen molar-refractivity contribution in [2.75, 3.05) is 19.0 Å². The highest BCUT2D eigenvalue weighted by Crippen LogP contribution is 2.35. The van der Waals surface area contributed by atoms with Crippen LogP contribution in [0, 0.1) is 0 Å². The van der Waals surface area contributed by atoms with E-state index in [0.29, 0.717) is 10.6 Å². The minimum atomic E-state index is -0.471. The van der Waals surface area contributed by atoms with Crippen LogP contribution in [-0.2, 0) is 29.0 Å². The lowest BCUT2D eigenvalue weighted by atomic mass is 10.00. The van der Waals surface area contributed by atoms with E-state index in [0.717, 1.165) is 42.0 Å². The lowest BCUT2D eigenvalue weighted by Gasteiger charge is -2.28. The lowest BCUT2D eigenvalue weighted by Crippen LogP contribution is -2.30. The maximum absolute atomic E-state index is 12.1. The van der Waals surface area contributed by atoms with Gasteiger partial charge >= 0.3 is 5.97 Å². The largest absolute Gasteiger partial charge is 0.465 e. The Labute approximate surface area is 167 Å². The molecule has 1 amide bonds. The molecule has 4 rings (SSSR count). The monoisotopic (exact) mass is 395 g/mol. The van der Waals surface area contributed by atoms with Crippen LogP contribution < -0.4 is 5.32 Å². The number of carbonyl (C=O) groups is 2. The fourth-order valence-electron chi connectivity index (χ4n) is 3.56. The van der Waals surface area contributed by atoms with E-state index in [2.05, 4.69) is 34.5 Å². The Kier molecular flexibility index (Phi) is 5.11. The van der Waals surface area contributed by atoms with Crippen molar-refractivity contribution in [1.82, 2.24) is 9.88 Å². The van der Waals surface area contributed by atoms with Gasteiger partial charge in [0, 0.05) is 31.9 Å². The standard InChI is InChI=1S/C21H21N3O3S/c1-13(25)22-18-17-8-7-16(23-20(17)28-19(18)21(26)27-2)12-24-10-9-14-5-3-4-6-15(14)11-24/h3-8H,9-12H2,1-2H3,(H,22,25). The number of carbonyl (C=O) groups excluding carboxylic acids is 2. The third kappa shape index (κ3) is 3.63. The predicted molar refractivity (Wildman–Crippen MR) is 110 cm³/mol. The number of anilines is 1. The summed E-state index contributed by atoms with van der Waals surface area (Å²) in [6.07, 6.45) is 1.04. The second-order valence-corrected chi connectivity index (χ2v) is 7.86. The number of esters is 1. The molecule has 6 nitrogen and oxygen atoms in total. The molecule has 144 valence electrons. The first-order valence-electron chi connectivity index (χ1n) is 9.12. The highest BCUT2D eigenvalue weighted by Gasteiger charge is 2.22. The van der Waals surface area contributed by atoms with Crippen LogP contribution in [0.1, 0.15) is 33.4 Å². The van der Waals surface area contributed by atoms with Crippen LogP contribution >= 0.6 is 11.3 Å². The molecule has 1 aliphatic rings. The highest BCUT2D eigenvalue weighted by atomic mass is 32.1. The van der Waals surface area contributed by atoms with Crippen LogP contribution in [0.5, 0.6) is 0 Å². The van der Waals surface area contributed by atoms with Gasteiger partial charge in [0.25, 0.3) is 0 Å². The fourth-order valence-corrected chi connectivity index (χ4v) is 4.63. The number of ether oxygens (including phenoxy) is 1. The number of amides is 1. The zero-order valence-electron chi connectivity index (χ0n) is 15.8. The Morgan fingerprint density at radius 1 is 1.21 bits per heavy atom. The Balaban J connectivity index is 1.61. The summed E-state index contributed by atoms with van der Waals surface area (Å²) in [4.78, 5) is 31.9. The van der Waals surface area contributed by atoms with Gasteiger partial charge in [-0.1, -0.05) is 24.3 Å². The van der Waals surface area contributed by atoms with Gasteiger partial charge in [0.2, 0.25) is 5.91 Å². The van der Waals surface area contributed by atoms with Crippen LogP contribution in [0.15, 0.2) is 36.4 Å². The molecule has 0 saturated heterocycles. The quantitative estimate of drug-likeness (QED) is 0.684. The van der Waals surface area contributed by atoms with Crippen molar-refractivity contribution in [2.45, 2.75) is 26.4 Å². The molecule has 0 radical (unpaired) electrons. The number of nitrogens with one attached hydrogen (secondary N) is 1. The smallest absolute Gasteiger partial charge is 0.350 e. The highest BCUT2D eigenvalue weighted by molar-refractivity contribution is 7.21. The number of nitrogens with zero attached hydrogens (tertiary/aromatic N) is 2. The number of methoxy groups -OCH3 is 1. The number of hydrogen-bond acceptors (Lipinski definition) is 6. The number of thiophene rings is 1. The van der Waals surface area contributed by atoms with Crippen LogP contribution in [0.2, 0.25) is 0 Å². The van der Waals surface area contributed by atoms with Gasteiger partial charge in [0.05, 0.1) is 18.5 Å². The van der Waals surface area contributed by atoms with Crippen LogP contribution in [0.25, 0.3) is 10.2 Å². The molecule has 0 atom stereocenters. The number of fused-ring (bicyclic) bond motifs is 2. The third-order valence-corrected chi connectivity index (χ3v) is 5.96. The Morgan fingerprint density at radius 2 is 2.00 bits per heavy atom. The summed E-state index contributed by atoms with van der Waals surface area (Å²) in [5.41, 5.74) is 4.21. The van der Waals surface area contributed by atoms with Gasteiger partial charge in [-0.3, -0.25) is 9.69 Å². The minimum Gasteiger partial charge on any atom is -0.465 e. The average Bonchev–Trinajstić information content (AvgIpc) is 3.04. The van der Waals surface area contributed by atoms with Gasteiger partial charge in [0.1, 0.15) is 9.71 Å². The summed E-state index contributed by atoms with van der Waals surface area (Å²) < 4.78 is 4.86. The molecule has 1 aliphatic heterocycles. The van der Waals surface area contributed by atoms with Gasteiger partial charge < -0.3 is 10.1 Å². The molecule has 0 aliphatic carbocycles. The summed E-state index contributed by atoms with van der Waals surface area (Å²) in [6.45, 7) is 4.06. The molecule has 1 aromatic carbocycles. The number of rotatable bonds is 4. The molecule has 1 N–H and O–H groups in total. The first-order chi connectivity index (χ1) is 13.5. The van der Waals surface area contributed by atoms with Crippen molar-refractivity contribution in [2.24, 2.45) is 0 Å². The third-order valence-electron chi connectivity index (χ3n) is 4.88. The van der Waals surface area contributed by atoms with E-state index in [-0.39, 0.29) is 5.91 Å². The van der Waals surface area contributed by atoms with E-state index in [1.54, 1.807) is 0 Å². The summed E-state index contributed by atoms with van der Waals surface area (Å²) in [5.74, 6) is -0.707. The van der Waals surface area contributed by atoms with Crippen molar-refractivity contribution in [3.8, 4) is 0 Å². The van der Waals surface area contributed by atoms with Gasteiger partial charge in [-0.2, -0.15) is 0 Å². The zero-order chi connectivity index (χ0) is 19.7. The molecule has 0 fully saturated rings. The van der Waals surface area contributed by atoms with E-state index in [9.17, 15) is 9.59 Å².